The Hall–Kier alpha value is -3.88. The Kier molecular flexibility index (Phi) is 4.75. The van der Waals surface area contributed by atoms with Crippen molar-refractivity contribution in [2.45, 2.75) is 0 Å². The van der Waals surface area contributed by atoms with Gasteiger partial charge < -0.3 is 19.5 Å². The van der Waals surface area contributed by atoms with Crippen LogP contribution < -0.4 is 4.90 Å². The number of carbonyl (C=O) groups excluding carboxylic acids is 2. The first-order valence-corrected chi connectivity index (χ1v) is 7.74. The lowest BCUT2D eigenvalue weighted by atomic mass is 10.1. The summed E-state index contributed by atoms with van der Waals surface area (Å²) in [5, 5.41) is 16.0. The zero-order valence-corrected chi connectivity index (χ0v) is 14.4. The predicted octanol–water partition coefficient (Wildman–Crippen LogP) is 1.75. The number of anilines is 1. The molecular formula is C18H15N3O6. The molecular weight excluding hydrogens is 354 g/mol. The zero-order valence-electron chi connectivity index (χ0n) is 14.4. The highest BCUT2D eigenvalue weighted by molar-refractivity contribution is 6.06. The number of methoxy groups -OCH3 is 2. The van der Waals surface area contributed by atoms with Crippen LogP contribution in [0.1, 0.15) is 10.5 Å². The van der Waals surface area contributed by atoms with Gasteiger partial charge in [0, 0.05) is 17.3 Å². The molecule has 0 unspecified atom stereocenters. The van der Waals surface area contributed by atoms with Crippen LogP contribution in [0.25, 0.3) is 10.9 Å². The summed E-state index contributed by atoms with van der Waals surface area (Å²) in [4.78, 5) is 37.3. The Labute approximate surface area is 153 Å². The fourth-order valence-corrected chi connectivity index (χ4v) is 2.68. The van der Waals surface area contributed by atoms with Crippen molar-refractivity contribution < 1.29 is 29.0 Å². The van der Waals surface area contributed by atoms with Crippen molar-refractivity contribution in [2.24, 2.45) is 0 Å². The van der Waals surface area contributed by atoms with E-state index in [0.717, 1.165) is 0 Å². The molecule has 0 amide bonds. The zero-order chi connectivity index (χ0) is 19.6. The molecule has 0 saturated carbocycles. The lowest BCUT2D eigenvalue weighted by Crippen LogP contribution is -2.26. The minimum atomic E-state index is -1.19. The maximum Gasteiger partial charge on any atom is 0.357 e. The Morgan fingerprint density at radius 1 is 1.11 bits per heavy atom. The van der Waals surface area contributed by atoms with Crippen LogP contribution in [-0.4, -0.2) is 47.4 Å². The van der Waals surface area contributed by atoms with Gasteiger partial charge in [-0.3, -0.25) is 5.10 Å². The van der Waals surface area contributed by atoms with Gasteiger partial charge in [-0.2, -0.15) is 5.10 Å². The van der Waals surface area contributed by atoms with E-state index in [-0.39, 0.29) is 17.0 Å². The van der Waals surface area contributed by atoms with Gasteiger partial charge in [0.25, 0.3) is 0 Å². The number of carbonyl (C=O) groups is 3. The van der Waals surface area contributed by atoms with Crippen molar-refractivity contribution in [2.75, 3.05) is 19.1 Å². The number of ether oxygens (including phenoxy) is 2. The van der Waals surface area contributed by atoms with E-state index in [1.165, 1.54) is 25.2 Å². The number of hydrogen-bond acceptors (Lipinski definition) is 7. The van der Waals surface area contributed by atoms with Crippen LogP contribution in [0.4, 0.5) is 5.69 Å². The van der Waals surface area contributed by atoms with Gasteiger partial charge in [-0.1, -0.05) is 6.08 Å². The molecule has 0 aliphatic carbocycles. The van der Waals surface area contributed by atoms with Crippen LogP contribution in [0.5, 0.6) is 0 Å². The summed E-state index contributed by atoms with van der Waals surface area (Å²) in [5.41, 5.74) is 0.743. The molecule has 1 aromatic heterocycles. The predicted molar refractivity (Wildman–Crippen MR) is 94.9 cm³/mol. The Bertz CT molecular complexity index is 1030. The summed E-state index contributed by atoms with van der Waals surface area (Å²) in [6.07, 6.45) is 6.19. The van der Waals surface area contributed by atoms with E-state index in [0.29, 0.717) is 16.6 Å². The van der Waals surface area contributed by atoms with Crippen LogP contribution in [0, 0.1) is 0 Å². The van der Waals surface area contributed by atoms with Gasteiger partial charge in [-0.05, 0) is 30.4 Å². The molecule has 2 N–H and O–H groups in total. The average Bonchev–Trinajstić information content (AvgIpc) is 2.97. The van der Waals surface area contributed by atoms with Crippen LogP contribution in [-0.2, 0) is 19.1 Å². The number of allylic oxidation sites excluding steroid dienone is 2. The minimum absolute atomic E-state index is 0.0000913. The highest BCUT2D eigenvalue weighted by Crippen LogP contribution is 2.29. The topological polar surface area (TPSA) is 122 Å². The second kappa shape index (κ2) is 7.16. The van der Waals surface area contributed by atoms with Gasteiger partial charge in [-0.15, -0.1) is 0 Å². The number of H-pyrrole nitrogens is 1. The molecule has 0 radical (unpaired) electrons. The van der Waals surface area contributed by atoms with E-state index in [1.807, 2.05) is 0 Å². The molecule has 0 saturated heterocycles. The normalized spacial score (nSPS) is 13.6. The lowest BCUT2D eigenvalue weighted by Gasteiger charge is -2.23. The summed E-state index contributed by atoms with van der Waals surface area (Å²) >= 11 is 0. The molecule has 0 spiro atoms. The summed E-state index contributed by atoms with van der Waals surface area (Å²) in [7, 11) is 2.40. The highest BCUT2D eigenvalue weighted by Gasteiger charge is 2.28. The monoisotopic (exact) mass is 369 g/mol. The molecule has 0 atom stereocenters. The smallest absolute Gasteiger partial charge is 0.357 e. The first kappa shape index (κ1) is 17.9. The number of benzene rings is 1. The Balaban J connectivity index is 2.22. The fourth-order valence-electron chi connectivity index (χ4n) is 2.68. The van der Waals surface area contributed by atoms with E-state index in [1.54, 1.807) is 36.6 Å². The van der Waals surface area contributed by atoms with Gasteiger partial charge in [0.15, 0.2) is 5.69 Å². The number of aromatic amines is 1. The van der Waals surface area contributed by atoms with Crippen LogP contribution in [0.15, 0.2) is 53.9 Å². The van der Waals surface area contributed by atoms with Gasteiger partial charge >= 0.3 is 17.9 Å². The standard InChI is InChI=1S/C18H15N3O6/c1-26-17(24)11-5-3-4-8-21(15(11)18(25)27-2)10-6-7-13-12(9-10)14(16(22)23)20-19-13/h3-9H,1-2H3,(H,19,20)(H,22,23). The summed E-state index contributed by atoms with van der Waals surface area (Å²) < 4.78 is 9.59. The van der Waals surface area contributed by atoms with E-state index in [2.05, 4.69) is 10.2 Å². The van der Waals surface area contributed by atoms with E-state index in [9.17, 15) is 19.5 Å². The SMILES string of the molecule is COC(=O)C1=C(C(=O)OC)N(c2ccc3[nH]nc(C(=O)O)c3c2)C=CC=C1. The molecule has 3 rings (SSSR count). The second-order valence-corrected chi connectivity index (χ2v) is 5.42. The number of aromatic nitrogens is 2. The van der Waals surface area contributed by atoms with Crippen LogP contribution in [0.2, 0.25) is 0 Å². The van der Waals surface area contributed by atoms with Crippen molar-refractivity contribution in [1.29, 1.82) is 0 Å². The van der Waals surface area contributed by atoms with Crippen molar-refractivity contribution in [3.05, 3.63) is 59.6 Å². The molecule has 9 nitrogen and oxygen atoms in total. The number of aromatic carboxylic acids is 1. The van der Waals surface area contributed by atoms with E-state index in [4.69, 9.17) is 9.47 Å². The number of nitrogens with one attached hydrogen (secondary N) is 1. The van der Waals surface area contributed by atoms with Gasteiger partial charge in [0.2, 0.25) is 0 Å². The first-order chi connectivity index (χ1) is 13.0. The number of hydrogen-bond donors (Lipinski definition) is 2. The Morgan fingerprint density at radius 2 is 1.85 bits per heavy atom. The molecule has 1 aliphatic rings. The molecule has 27 heavy (non-hydrogen) atoms. The second-order valence-electron chi connectivity index (χ2n) is 5.42. The molecule has 1 aromatic carbocycles. The number of fused-ring (bicyclic) bond motifs is 1. The van der Waals surface area contributed by atoms with Crippen molar-refractivity contribution in [1.82, 2.24) is 10.2 Å². The minimum Gasteiger partial charge on any atom is -0.476 e. The third-order valence-corrected chi connectivity index (χ3v) is 3.92. The summed E-state index contributed by atoms with van der Waals surface area (Å²) in [6, 6.07) is 4.83. The van der Waals surface area contributed by atoms with Gasteiger partial charge in [0.05, 0.1) is 25.3 Å². The number of nitrogens with zero attached hydrogens (tertiary/aromatic N) is 2. The molecule has 2 aromatic rings. The van der Waals surface area contributed by atoms with Gasteiger partial charge in [0.1, 0.15) is 5.70 Å². The molecule has 0 fully saturated rings. The first-order valence-electron chi connectivity index (χ1n) is 7.74. The number of rotatable bonds is 4. The lowest BCUT2D eigenvalue weighted by molar-refractivity contribution is -0.139. The molecule has 2 heterocycles. The largest absolute Gasteiger partial charge is 0.476 e. The maximum atomic E-state index is 12.4. The summed E-state index contributed by atoms with van der Waals surface area (Å²) in [6.45, 7) is 0. The molecule has 0 bridgehead atoms. The number of carboxylic acids is 1. The maximum absolute atomic E-state index is 12.4. The quantitative estimate of drug-likeness (QED) is 0.782. The van der Waals surface area contributed by atoms with Crippen molar-refractivity contribution in [3.8, 4) is 0 Å². The third kappa shape index (κ3) is 3.17. The van der Waals surface area contributed by atoms with Gasteiger partial charge in [-0.25, -0.2) is 14.4 Å². The van der Waals surface area contributed by atoms with Crippen LogP contribution >= 0.6 is 0 Å². The molecule has 138 valence electrons. The molecule has 9 heteroatoms. The average molecular weight is 369 g/mol. The number of carboxylic acid groups (broad SMARTS) is 1. The van der Waals surface area contributed by atoms with Crippen molar-refractivity contribution >= 4 is 34.5 Å². The van der Waals surface area contributed by atoms with Crippen LogP contribution in [0.3, 0.4) is 0 Å². The summed E-state index contributed by atoms with van der Waals surface area (Å²) in [5.74, 6) is -2.65. The van der Waals surface area contributed by atoms with E-state index < -0.39 is 17.9 Å². The van der Waals surface area contributed by atoms with E-state index >= 15 is 0 Å². The molecule has 1 aliphatic heterocycles. The fraction of sp³-hybridized carbons (Fsp3) is 0.111. The number of esters is 2. The highest BCUT2D eigenvalue weighted by atomic mass is 16.5. The Morgan fingerprint density at radius 3 is 2.52 bits per heavy atom. The third-order valence-electron chi connectivity index (χ3n) is 3.92. The van der Waals surface area contributed by atoms with Crippen molar-refractivity contribution in [3.63, 3.8) is 0 Å².